The third kappa shape index (κ3) is 4.68. The van der Waals surface area contributed by atoms with Crippen LogP contribution in [0.15, 0.2) is 18.2 Å². The number of piperazine rings is 1. The van der Waals surface area contributed by atoms with Gasteiger partial charge in [-0.15, -0.1) is 0 Å². The number of amides is 2. The zero-order valence-electron chi connectivity index (χ0n) is 16.3. The van der Waals surface area contributed by atoms with E-state index in [-0.39, 0.29) is 6.03 Å². The van der Waals surface area contributed by atoms with Crippen molar-refractivity contribution in [2.75, 3.05) is 65.3 Å². The highest BCUT2D eigenvalue weighted by atomic mass is 16.5. The number of likely N-dealkylation sites (tertiary alicyclic amines) is 1. The van der Waals surface area contributed by atoms with Gasteiger partial charge in [0.05, 0.1) is 12.8 Å². The lowest BCUT2D eigenvalue weighted by atomic mass is 9.96. The van der Waals surface area contributed by atoms with Crippen molar-refractivity contribution in [2.45, 2.75) is 19.8 Å². The van der Waals surface area contributed by atoms with Crippen LogP contribution in [0.4, 0.5) is 10.5 Å². The van der Waals surface area contributed by atoms with Crippen molar-refractivity contribution < 1.29 is 9.53 Å². The van der Waals surface area contributed by atoms with Gasteiger partial charge >= 0.3 is 6.03 Å². The molecule has 2 saturated heterocycles. The first kappa shape index (κ1) is 19.0. The van der Waals surface area contributed by atoms with Gasteiger partial charge in [0.1, 0.15) is 5.75 Å². The summed E-state index contributed by atoms with van der Waals surface area (Å²) >= 11 is 0. The molecule has 6 heteroatoms. The van der Waals surface area contributed by atoms with Crippen molar-refractivity contribution in [3.05, 3.63) is 23.8 Å². The topological polar surface area (TPSA) is 48.1 Å². The minimum Gasteiger partial charge on any atom is -0.495 e. The number of hydrogen-bond acceptors (Lipinski definition) is 4. The predicted octanol–water partition coefficient (Wildman–Crippen LogP) is 2.49. The Morgan fingerprint density at radius 2 is 1.85 bits per heavy atom. The maximum absolute atomic E-state index is 12.7. The molecule has 6 nitrogen and oxygen atoms in total. The summed E-state index contributed by atoms with van der Waals surface area (Å²) in [6.07, 6.45) is 2.59. The summed E-state index contributed by atoms with van der Waals surface area (Å²) in [6, 6.07) is 5.77. The number of rotatable bonds is 4. The molecule has 2 aliphatic rings. The molecule has 2 heterocycles. The molecule has 3 rings (SSSR count). The smallest absolute Gasteiger partial charge is 0.322 e. The molecule has 1 aromatic rings. The van der Waals surface area contributed by atoms with Gasteiger partial charge < -0.3 is 19.9 Å². The van der Waals surface area contributed by atoms with Crippen molar-refractivity contribution in [2.24, 2.45) is 5.92 Å². The van der Waals surface area contributed by atoms with E-state index in [9.17, 15) is 4.79 Å². The quantitative estimate of drug-likeness (QED) is 0.896. The Kier molecular flexibility index (Phi) is 6.38. The molecule has 26 heavy (non-hydrogen) atoms. The minimum atomic E-state index is -0.0310. The van der Waals surface area contributed by atoms with E-state index < -0.39 is 0 Å². The summed E-state index contributed by atoms with van der Waals surface area (Å²) in [6.45, 7) is 9.08. The fourth-order valence-electron chi connectivity index (χ4n) is 3.90. The standard InChI is InChI=1S/C20H32N4O2/c1-16-5-4-6-18(26-3)19(16)21-20(25)24-13-11-23(12-14-24)15-17-7-9-22(2)10-8-17/h4-6,17H,7-15H2,1-3H3,(H,21,25). The fraction of sp³-hybridized carbons (Fsp3) is 0.650. The van der Waals surface area contributed by atoms with Gasteiger partial charge in [-0.1, -0.05) is 12.1 Å². The summed E-state index contributed by atoms with van der Waals surface area (Å²) < 4.78 is 5.38. The van der Waals surface area contributed by atoms with Crippen LogP contribution in [0.5, 0.6) is 5.75 Å². The van der Waals surface area contributed by atoms with Crippen LogP contribution in [0, 0.1) is 12.8 Å². The van der Waals surface area contributed by atoms with E-state index in [2.05, 4.69) is 22.2 Å². The monoisotopic (exact) mass is 360 g/mol. The van der Waals surface area contributed by atoms with Crippen LogP contribution < -0.4 is 10.1 Å². The summed E-state index contributed by atoms with van der Waals surface area (Å²) in [5.74, 6) is 1.52. The number of carbonyl (C=O) groups excluding carboxylic acids is 1. The van der Waals surface area contributed by atoms with Crippen LogP contribution in [0.25, 0.3) is 0 Å². The molecule has 144 valence electrons. The largest absolute Gasteiger partial charge is 0.495 e. The van der Waals surface area contributed by atoms with Gasteiger partial charge in [0.15, 0.2) is 0 Å². The Bertz CT molecular complexity index is 606. The second-order valence-electron chi connectivity index (χ2n) is 7.62. The Labute approximate surface area is 157 Å². The normalized spacial score (nSPS) is 20.2. The molecule has 0 radical (unpaired) electrons. The predicted molar refractivity (Wildman–Crippen MR) is 105 cm³/mol. The molecule has 0 aromatic heterocycles. The van der Waals surface area contributed by atoms with E-state index >= 15 is 0 Å². The summed E-state index contributed by atoms with van der Waals surface area (Å²) in [5, 5.41) is 3.04. The third-order valence-electron chi connectivity index (χ3n) is 5.70. The molecule has 0 bridgehead atoms. The number of anilines is 1. The van der Waals surface area contributed by atoms with Crippen LogP contribution in [0.3, 0.4) is 0 Å². The summed E-state index contributed by atoms with van der Waals surface area (Å²) in [7, 11) is 3.84. The first-order valence-electron chi connectivity index (χ1n) is 9.67. The molecular weight excluding hydrogens is 328 g/mol. The molecular formula is C20H32N4O2. The lowest BCUT2D eigenvalue weighted by molar-refractivity contribution is 0.113. The Morgan fingerprint density at radius 1 is 1.15 bits per heavy atom. The number of ether oxygens (including phenoxy) is 1. The highest BCUT2D eigenvalue weighted by Gasteiger charge is 2.25. The molecule has 2 aliphatic heterocycles. The first-order chi connectivity index (χ1) is 12.6. The van der Waals surface area contributed by atoms with E-state index in [1.807, 2.05) is 30.0 Å². The van der Waals surface area contributed by atoms with Crippen molar-refractivity contribution in [1.82, 2.24) is 14.7 Å². The Morgan fingerprint density at radius 3 is 2.50 bits per heavy atom. The van der Waals surface area contributed by atoms with Gasteiger partial charge in [-0.25, -0.2) is 4.79 Å². The third-order valence-corrected chi connectivity index (χ3v) is 5.70. The van der Waals surface area contributed by atoms with E-state index in [1.54, 1.807) is 7.11 Å². The van der Waals surface area contributed by atoms with E-state index in [4.69, 9.17) is 4.74 Å². The molecule has 0 unspecified atom stereocenters. The molecule has 0 atom stereocenters. The zero-order valence-corrected chi connectivity index (χ0v) is 16.3. The molecule has 2 fully saturated rings. The van der Waals surface area contributed by atoms with Crippen LogP contribution in [-0.4, -0.2) is 80.7 Å². The van der Waals surface area contributed by atoms with Crippen LogP contribution in [-0.2, 0) is 0 Å². The molecule has 0 spiro atoms. The van der Waals surface area contributed by atoms with E-state index in [1.165, 1.54) is 32.5 Å². The van der Waals surface area contributed by atoms with Crippen molar-refractivity contribution in [3.8, 4) is 5.75 Å². The highest BCUT2D eigenvalue weighted by Crippen LogP contribution is 2.28. The summed E-state index contributed by atoms with van der Waals surface area (Å²) in [4.78, 5) is 19.5. The van der Waals surface area contributed by atoms with Crippen LogP contribution in [0.1, 0.15) is 18.4 Å². The van der Waals surface area contributed by atoms with Gasteiger partial charge in [0.25, 0.3) is 0 Å². The summed E-state index contributed by atoms with van der Waals surface area (Å²) in [5.41, 5.74) is 1.78. The average Bonchev–Trinajstić information content (AvgIpc) is 2.65. The highest BCUT2D eigenvalue weighted by molar-refractivity contribution is 5.92. The average molecular weight is 361 g/mol. The van der Waals surface area contributed by atoms with Crippen LogP contribution >= 0.6 is 0 Å². The number of nitrogens with one attached hydrogen (secondary N) is 1. The maximum atomic E-state index is 12.7. The molecule has 0 aliphatic carbocycles. The maximum Gasteiger partial charge on any atom is 0.322 e. The van der Waals surface area contributed by atoms with Gasteiger partial charge in [-0.2, -0.15) is 0 Å². The zero-order chi connectivity index (χ0) is 18.5. The lowest BCUT2D eigenvalue weighted by Gasteiger charge is -2.38. The van der Waals surface area contributed by atoms with E-state index in [0.29, 0.717) is 5.75 Å². The number of aryl methyl sites for hydroxylation is 1. The second kappa shape index (κ2) is 8.73. The molecule has 0 saturated carbocycles. The van der Waals surface area contributed by atoms with Gasteiger partial charge in [0, 0.05) is 32.7 Å². The molecule has 1 aromatic carbocycles. The van der Waals surface area contributed by atoms with Crippen molar-refractivity contribution in [3.63, 3.8) is 0 Å². The first-order valence-corrected chi connectivity index (χ1v) is 9.67. The minimum absolute atomic E-state index is 0.0310. The number of hydrogen-bond donors (Lipinski definition) is 1. The lowest BCUT2D eigenvalue weighted by Crippen LogP contribution is -2.51. The Balaban J connectivity index is 1.48. The number of carbonyl (C=O) groups is 1. The Hall–Kier alpha value is -1.79. The van der Waals surface area contributed by atoms with Crippen LogP contribution in [0.2, 0.25) is 0 Å². The SMILES string of the molecule is COc1cccc(C)c1NC(=O)N1CCN(CC2CCN(C)CC2)CC1. The van der Waals surface area contributed by atoms with Gasteiger partial charge in [-0.05, 0) is 57.5 Å². The second-order valence-corrected chi connectivity index (χ2v) is 7.62. The number of nitrogens with zero attached hydrogens (tertiary/aromatic N) is 3. The number of piperidine rings is 1. The number of methoxy groups -OCH3 is 1. The van der Waals surface area contributed by atoms with E-state index in [0.717, 1.165) is 43.3 Å². The number of urea groups is 1. The molecule has 1 N–H and O–H groups in total. The number of benzene rings is 1. The number of para-hydroxylation sites is 1. The van der Waals surface area contributed by atoms with Gasteiger partial charge in [0.2, 0.25) is 0 Å². The van der Waals surface area contributed by atoms with Crippen molar-refractivity contribution >= 4 is 11.7 Å². The molecule has 2 amide bonds. The fourth-order valence-corrected chi connectivity index (χ4v) is 3.90. The van der Waals surface area contributed by atoms with Crippen molar-refractivity contribution in [1.29, 1.82) is 0 Å². The van der Waals surface area contributed by atoms with Gasteiger partial charge in [-0.3, -0.25) is 4.90 Å².